The summed E-state index contributed by atoms with van der Waals surface area (Å²) >= 11 is 0. The van der Waals surface area contributed by atoms with Gasteiger partial charge >= 0.3 is 5.97 Å². The van der Waals surface area contributed by atoms with Gasteiger partial charge in [-0.05, 0) is 49.1 Å². The lowest BCUT2D eigenvalue weighted by atomic mass is 10.1. The smallest absolute Gasteiger partial charge is 0.352 e. The molecule has 2 N–H and O–H groups in total. The minimum atomic E-state index is -0.950. The topological polar surface area (TPSA) is 54.3 Å². The largest absolute Gasteiger partial charge is 0.477 e. The maximum absolute atomic E-state index is 13.7. The van der Waals surface area contributed by atoms with E-state index in [0.29, 0.717) is 19.1 Å². The van der Waals surface area contributed by atoms with Gasteiger partial charge in [0.15, 0.2) is 0 Å². The molecule has 146 valence electrons. The van der Waals surface area contributed by atoms with Gasteiger partial charge < -0.3 is 15.0 Å². The lowest BCUT2D eigenvalue weighted by Crippen LogP contribution is -2.26. The van der Waals surface area contributed by atoms with Crippen molar-refractivity contribution in [2.75, 3.05) is 0 Å². The van der Waals surface area contributed by atoms with Crippen LogP contribution >= 0.6 is 0 Å². The lowest BCUT2D eigenvalue weighted by molar-refractivity contribution is 0.0684. The molecule has 0 unspecified atom stereocenters. The van der Waals surface area contributed by atoms with Crippen molar-refractivity contribution in [1.82, 2.24) is 9.88 Å². The van der Waals surface area contributed by atoms with Crippen LogP contribution in [0.3, 0.4) is 0 Å². The Hall–Kier alpha value is -2.66. The zero-order valence-electron chi connectivity index (χ0n) is 16.0. The number of carboxylic acid groups (broad SMARTS) is 1. The van der Waals surface area contributed by atoms with Gasteiger partial charge in [0.05, 0.1) is 0 Å². The molecule has 1 aliphatic rings. The zero-order chi connectivity index (χ0) is 19.7. The second-order valence-electron chi connectivity index (χ2n) is 7.73. The Morgan fingerprint density at radius 3 is 2.71 bits per heavy atom. The summed E-state index contributed by atoms with van der Waals surface area (Å²) in [5, 5.41) is 14.5. The van der Waals surface area contributed by atoms with Gasteiger partial charge in [0, 0.05) is 35.6 Å². The van der Waals surface area contributed by atoms with Gasteiger partial charge in [0.25, 0.3) is 0 Å². The molecule has 5 heteroatoms. The van der Waals surface area contributed by atoms with Crippen molar-refractivity contribution in [2.24, 2.45) is 0 Å². The molecule has 0 saturated heterocycles. The summed E-state index contributed by atoms with van der Waals surface area (Å²) in [6, 6.07) is 12.8. The van der Waals surface area contributed by atoms with E-state index in [1.807, 2.05) is 35.8 Å². The van der Waals surface area contributed by atoms with Gasteiger partial charge in [-0.2, -0.15) is 0 Å². The van der Waals surface area contributed by atoms with Crippen molar-refractivity contribution in [3.8, 4) is 0 Å². The van der Waals surface area contributed by atoms with Crippen LogP contribution < -0.4 is 5.32 Å². The Morgan fingerprint density at radius 1 is 1.21 bits per heavy atom. The van der Waals surface area contributed by atoms with E-state index in [0.717, 1.165) is 40.4 Å². The quantitative estimate of drug-likeness (QED) is 0.642. The van der Waals surface area contributed by atoms with Gasteiger partial charge in [-0.3, -0.25) is 0 Å². The van der Waals surface area contributed by atoms with Crippen LogP contribution in [0.2, 0.25) is 0 Å². The number of aromatic nitrogens is 1. The van der Waals surface area contributed by atoms with Gasteiger partial charge in [-0.25, -0.2) is 9.18 Å². The fourth-order valence-corrected chi connectivity index (χ4v) is 4.31. The number of rotatable bonds is 6. The Morgan fingerprint density at radius 2 is 2.00 bits per heavy atom. The number of hydrogen-bond acceptors (Lipinski definition) is 2. The van der Waals surface area contributed by atoms with Crippen LogP contribution in [0.25, 0.3) is 10.9 Å². The van der Waals surface area contributed by atoms with Gasteiger partial charge in [0.2, 0.25) is 0 Å². The molecule has 0 aliphatic heterocycles. The minimum Gasteiger partial charge on any atom is -0.477 e. The summed E-state index contributed by atoms with van der Waals surface area (Å²) < 4.78 is 15.5. The van der Waals surface area contributed by atoms with Crippen molar-refractivity contribution in [3.05, 3.63) is 70.7 Å². The molecule has 0 amide bonds. The van der Waals surface area contributed by atoms with Gasteiger partial charge in [-0.15, -0.1) is 0 Å². The predicted molar refractivity (Wildman–Crippen MR) is 108 cm³/mol. The van der Waals surface area contributed by atoms with Crippen LogP contribution in [-0.4, -0.2) is 21.7 Å². The van der Waals surface area contributed by atoms with E-state index >= 15 is 0 Å². The highest BCUT2D eigenvalue weighted by Crippen LogP contribution is 2.29. The SMILES string of the molecule is Cc1ccc2c(CNC3CCCC3)c(C(=O)O)n(Cc3cccc(F)c3)c2c1. The van der Waals surface area contributed by atoms with E-state index in [-0.39, 0.29) is 11.5 Å². The second kappa shape index (κ2) is 7.76. The molecule has 1 heterocycles. The fourth-order valence-electron chi connectivity index (χ4n) is 4.31. The molecule has 4 nitrogen and oxygen atoms in total. The zero-order valence-corrected chi connectivity index (χ0v) is 16.0. The summed E-state index contributed by atoms with van der Waals surface area (Å²) in [4.78, 5) is 12.2. The monoisotopic (exact) mass is 380 g/mol. The fraction of sp³-hybridized carbons (Fsp3) is 0.348. The maximum Gasteiger partial charge on any atom is 0.352 e. The molecule has 4 rings (SSSR count). The standard InChI is InChI=1S/C23H25FN2O2/c1-15-9-10-19-20(13-25-18-7-2-3-8-18)22(23(27)28)26(21(19)11-15)14-16-5-4-6-17(24)12-16/h4-6,9-12,18,25H,2-3,7-8,13-14H2,1H3,(H,27,28). The first-order valence-electron chi connectivity index (χ1n) is 9.86. The van der Waals surface area contributed by atoms with Crippen LogP contribution in [0.15, 0.2) is 42.5 Å². The third-order valence-electron chi connectivity index (χ3n) is 5.68. The van der Waals surface area contributed by atoms with Gasteiger partial charge in [-0.1, -0.05) is 37.1 Å². The molecule has 2 aromatic carbocycles. The Balaban J connectivity index is 1.80. The molecule has 0 radical (unpaired) electrons. The molecule has 28 heavy (non-hydrogen) atoms. The molecule has 1 aromatic heterocycles. The van der Waals surface area contributed by atoms with Crippen LogP contribution in [0.4, 0.5) is 4.39 Å². The number of carbonyl (C=O) groups is 1. The highest BCUT2D eigenvalue weighted by molar-refractivity contribution is 5.98. The van der Waals surface area contributed by atoms with Crippen LogP contribution in [0, 0.1) is 12.7 Å². The van der Waals surface area contributed by atoms with Crippen LogP contribution in [-0.2, 0) is 13.1 Å². The highest BCUT2D eigenvalue weighted by atomic mass is 19.1. The first-order chi connectivity index (χ1) is 13.5. The van der Waals surface area contributed by atoms with Crippen molar-refractivity contribution in [3.63, 3.8) is 0 Å². The Kier molecular flexibility index (Phi) is 5.18. The minimum absolute atomic E-state index is 0.287. The number of hydrogen-bond donors (Lipinski definition) is 2. The first-order valence-corrected chi connectivity index (χ1v) is 9.86. The molecule has 1 saturated carbocycles. The molecule has 0 spiro atoms. The average molecular weight is 380 g/mol. The van der Waals surface area contributed by atoms with E-state index in [2.05, 4.69) is 5.32 Å². The number of fused-ring (bicyclic) bond motifs is 1. The maximum atomic E-state index is 13.7. The molecule has 0 atom stereocenters. The first kappa shape index (κ1) is 18.7. The summed E-state index contributed by atoms with van der Waals surface area (Å²) in [5.41, 5.74) is 3.79. The summed E-state index contributed by atoms with van der Waals surface area (Å²) in [7, 11) is 0. The number of halogens is 1. The number of aromatic carboxylic acids is 1. The van der Waals surface area contributed by atoms with Crippen molar-refractivity contribution in [2.45, 2.75) is 51.7 Å². The van der Waals surface area contributed by atoms with E-state index in [1.165, 1.54) is 25.0 Å². The Labute approximate surface area is 164 Å². The molecule has 3 aromatic rings. The van der Waals surface area contributed by atoms with Crippen LogP contribution in [0.1, 0.15) is 52.9 Å². The number of aryl methyl sites for hydroxylation is 1. The van der Waals surface area contributed by atoms with E-state index in [4.69, 9.17) is 0 Å². The van der Waals surface area contributed by atoms with E-state index in [1.54, 1.807) is 6.07 Å². The predicted octanol–water partition coefficient (Wildman–Crippen LogP) is 4.87. The van der Waals surface area contributed by atoms with E-state index in [9.17, 15) is 14.3 Å². The van der Waals surface area contributed by atoms with Gasteiger partial charge in [0.1, 0.15) is 11.5 Å². The third-order valence-corrected chi connectivity index (χ3v) is 5.68. The summed E-state index contributed by atoms with van der Waals surface area (Å²) in [6.45, 7) is 2.85. The number of carboxylic acids is 1. The molecular formula is C23H25FN2O2. The number of nitrogens with one attached hydrogen (secondary N) is 1. The van der Waals surface area contributed by atoms with Crippen molar-refractivity contribution in [1.29, 1.82) is 0 Å². The summed E-state index contributed by atoms with van der Waals surface area (Å²) in [5.74, 6) is -1.27. The van der Waals surface area contributed by atoms with Crippen molar-refractivity contribution < 1.29 is 14.3 Å². The third kappa shape index (κ3) is 3.67. The highest BCUT2D eigenvalue weighted by Gasteiger charge is 2.24. The Bertz CT molecular complexity index is 1020. The lowest BCUT2D eigenvalue weighted by Gasteiger charge is -2.13. The summed E-state index contributed by atoms with van der Waals surface area (Å²) in [6.07, 6.45) is 4.74. The molecule has 1 fully saturated rings. The van der Waals surface area contributed by atoms with Crippen LogP contribution in [0.5, 0.6) is 0 Å². The van der Waals surface area contributed by atoms with Crippen molar-refractivity contribution >= 4 is 16.9 Å². The molecule has 0 bridgehead atoms. The number of benzene rings is 2. The molecular weight excluding hydrogens is 355 g/mol. The normalized spacial score (nSPS) is 14.8. The average Bonchev–Trinajstić information content (AvgIpc) is 3.26. The van der Waals surface area contributed by atoms with E-state index < -0.39 is 5.97 Å². The molecule has 1 aliphatic carbocycles. The number of nitrogens with zero attached hydrogens (tertiary/aromatic N) is 1. The second-order valence-corrected chi connectivity index (χ2v) is 7.73.